The van der Waals surface area contributed by atoms with Crippen LogP contribution in [0.5, 0.6) is 0 Å². The minimum Gasteiger partial charge on any atom is -0.465 e. The van der Waals surface area contributed by atoms with Crippen molar-refractivity contribution < 1.29 is 19.0 Å². The van der Waals surface area contributed by atoms with Gasteiger partial charge in [-0.1, -0.05) is 121 Å². The van der Waals surface area contributed by atoms with Crippen molar-refractivity contribution in [1.29, 1.82) is 0 Å². The van der Waals surface area contributed by atoms with Crippen molar-refractivity contribution in [3.63, 3.8) is 0 Å². The molecule has 1 aliphatic heterocycles. The van der Waals surface area contributed by atoms with Gasteiger partial charge < -0.3 is 14.2 Å². The second kappa shape index (κ2) is 11.2. The van der Waals surface area contributed by atoms with Crippen LogP contribution >= 0.6 is 0 Å². The van der Waals surface area contributed by atoms with E-state index in [2.05, 4.69) is 24.3 Å². The zero-order valence-corrected chi connectivity index (χ0v) is 21.6. The van der Waals surface area contributed by atoms with E-state index in [0.717, 1.165) is 27.8 Å². The zero-order chi connectivity index (χ0) is 26.4. The Morgan fingerprint density at radius 2 is 1.11 bits per heavy atom. The monoisotopic (exact) mass is 502 g/mol. The molecule has 0 saturated heterocycles. The average Bonchev–Trinajstić information content (AvgIpc) is 3.31. The van der Waals surface area contributed by atoms with Crippen molar-refractivity contribution in [3.05, 3.63) is 161 Å². The van der Waals surface area contributed by atoms with E-state index in [-0.39, 0.29) is 12.6 Å². The molecule has 4 nitrogen and oxygen atoms in total. The Labute approximate surface area is 223 Å². The Hall–Kier alpha value is -4.57. The summed E-state index contributed by atoms with van der Waals surface area (Å²) in [6, 6.07) is 40.1. The van der Waals surface area contributed by atoms with E-state index in [1.807, 2.05) is 104 Å². The molecule has 0 saturated carbocycles. The minimum atomic E-state index is -1.17. The smallest absolute Gasteiger partial charge is 0.345 e. The zero-order valence-electron chi connectivity index (χ0n) is 21.6. The molecule has 4 heteroatoms. The molecule has 0 atom stereocenters. The molecule has 0 unspecified atom stereocenters. The van der Waals surface area contributed by atoms with Crippen LogP contribution < -0.4 is 0 Å². The lowest BCUT2D eigenvalue weighted by Gasteiger charge is -2.34. The third-order valence-corrected chi connectivity index (χ3v) is 6.54. The lowest BCUT2D eigenvalue weighted by Crippen LogP contribution is -2.32. The summed E-state index contributed by atoms with van der Waals surface area (Å²) in [6.07, 6.45) is 0. The standard InChI is InChI=1S/C34H30O4/c1-3-36-32(35)30-31(29(25-17-9-5-10-18-25)26-19-11-6-12-20-26)34(38-33(30)37-4-2,27-21-13-7-14-22-27)28-23-15-8-16-24-28/h5-24H,3-4H2,1-2H3. The fraction of sp³-hybridized carbons (Fsp3) is 0.147. The number of esters is 1. The number of rotatable bonds is 8. The first kappa shape index (κ1) is 25.1. The molecule has 190 valence electrons. The maximum absolute atomic E-state index is 13.8. The van der Waals surface area contributed by atoms with E-state index in [4.69, 9.17) is 14.2 Å². The lowest BCUT2D eigenvalue weighted by molar-refractivity contribution is -0.138. The fourth-order valence-corrected chi connectivity index (χ4v) is 5.03. The Kier molecular flexibility index (Phi) is 7.41. The molecule has 4 aromatic carbocycles. The molecule has 0 bridgehead atoms. The summed E-state index contributed by atoms with van der Waals surface area (Å²) in [6.45, 7) is 4.24. The van der Waals surface area contributed by atoms with E-state index >= 15 is 0 Å². The van der Waals surface area contributed by atoms with Crippen molar-refractivity contribution >= 4 is 11.5 Å². The van der Waals surface area contributed by atoms with Gasteiger partial charge in [0.25, 0.3) is 5.95 Å². The van der Waals surface area contributed by atoms with Crippen molar-refractivity contribution in [2.45, 2.75) is 19.4 Å². The number of carbonyl (C=O) groups excluding carboxylic acids is 1. The van der Waals surface area contributed by atoms with Gasteiger partial charge in [-0.15, -0.1) is 0 Å². The first-order valence-electron chi connectivity index (χ1n) is 12.9. The highest BCUT2D eigenvalue weighted by Gasteiger charge is 2.53. The Balaban J connectivity index is 1.99. The van der Waals surface area contributed by atoms with Gasteiger partial charge >= 0.3 is 5.97 Å². The molecular formula is C34H30O4. The van der Waals surface area contributed by atoms with Gasteiger partial charge in [0, 0.05) is 16.7 Å². The van der Waals surface area contributed by atoms with Gasteiger partial charge in [-0.3, -0.25) is 0 Å². The van der Waals surface area contributed by atoms with E-state index in [1.54, 1.807) is 6.92 Å². The van der Waals surface area contributed by atoms with Gasteiger partial charge in [-0.05, 0) is 30.5 Å². The predicted molar refractivity (Wildman–Crippen MR) is 149 cm³/mol. The normalized spacial score (nSPS) is 14.1. The Morgan fingerprint density at radius 1 is 0.658 bits per heavy atom. The van der Waals surface area contributed by atoms with Gasteiger partial charge in [-0.2, -0.15) is 0 Å². The van der Waals surface area contributed by atoms with Crippen LogP contribution in [0.1, 0.15) is 36.1 Å². The van der Waals surface area contributed by atoms with E-state index in [1.165, 1.54) is 0 Å². The molecule has 38 heavy (non-hydrogen) atoms. The van der Waals surface area contributed by atoms with E-state index in [0.29, 0.717) is 17.8 Å². The van der Waals surface area contributed by atoms with Crippen LogP contribution in [0.15, 0.2) is 138 Å². The highest BCUT2D eigenvalue weighted by Crippen LogP contribution is 2.54. The van der Waals surface area contributed by atoms with Gasteiger partial charge in [-0.25, -0.2) is 4.79 Å². The van der Waals surface area contributed by atoms with Crippen LogP contribution in [0.4, 0.5) is 0 Å². The maximum atomic E-state index is 13.8. The third kappa shape index (κ3) is 4.50. The van der Waals surface area contributed by atoms with Crippen molar-refractivity contribution in [1.82, 2.24) is 0 Å². The highest BCUT2D eigenvalue weighted by molar-refractivity contribution is 6.02. The van der Waals surface area contributed by atoms with Crippen LogP contribution in [0.25, 0.3) is 5.57 Å². The van der Waals surface area contributed by atoms with Crippen LogP contribution in [0.3, 0.4) is 0 Å². The van der Waals surface area contributed by atoms with Crippen LogP contribution in [-0.2, 0) is 24.6 Å². The molecule has 1 heterocycles. The number of benzene rings is 4. The summed E-state index contributed by atoms with van der Waals surface area (Å²) in [4.78, 5) is 13.8. The summed E-state index contributed by atoms with van der Waals surface area (Å²) in [5.41, 5.74) is 4.34. The third-order valence-electron chi connectivity index (χ3n) is 6.54. The SMILES string of the molecule is CCOC(=O)C1=C(OCC)OC(c2ccccc2)(c2ccccc2)C1=C(c1ccccc1)c1ccccc1. The van der Waals surface area contributed by atoms with Crippen LogP contribution in [0.2, 0.25) is 0 Å². The molecule has 0 spiro atoms. The number of hydrogen-bond donors (Lipinski definition) is 0. The van der Waals surface area contributed by atoms with Crippen LogP contribution in [-0.4, -0.2) is 19.2 Å². The van der Waals surface area contributed by atoms with Crippen LogP contribution in [0, 0.1) is 0 Å². The molecule has 0 amide bonds. The lowest BCUT2D eigenvalue weighted by atomic mass is 9.74. The van der Waals surface area contributed by atoms with E-state index < -0.39 is 11.6 Å². The summed E-state index contributed by atoms with van der Waals surface area (Å²) < 4.78 is 18.6. The molecule has 4 aromatic rings. The molecule has 0 aliphatic carbocycles. The minimum absolute atomic E-state index is 0.165. The molecule has 0 fully saturated rings. The Morgan fingerprint density at radius 3 is 1.53 bits per heavy atom. The maximum Gasteiger partial charge on any atom is 0.345 e. The van der Waals surface area contributed by atoms with Crippen molar-refractivity contribution in [2.75, 3.05) is 13.2 Å². The number of carbonyl (C=O) groups is 1. The van der Waals surface area contributed by atoms with Gasteiger partial charge in [0.05, 0.1) is 13.2 Å². The van der Waals surface area contributed by atoms with Gasteiger partial charge in [0.15, 0.2) is 5.60 Å². The largest absolute Gasteiger partial charge is 0.465 e. The van der Waals surface area contributed by atoms with Crippen molar-refractivity contribution in [3.8, 4) is 0 Å². The van der Waals surface area contributed by atoms with Crippen molar-refractivity contribution in [2.24, 2.45) is 0 Å². The first-order valence-corrected chi connectivity index (χ1v) is 12.9. The summed E-state index contributed by atoms with van der Waals surface area (Å²) in [5.74, 6) is -0.318. The molecule has 5 rings (SSSR count). The molecule has 0 N–H and O–H groups in total. The second-order valence-electron chi connectivity index (χ2n) is 8.81. The predicted octanol–water partition coefficient (Wildman–Crippen LogP) is 7.27. The summed E-state index contributed by atoms with van der Waals surface area (Å²) in [7, 11) is 0. The quantitative estimate of drug-likeness (QED) is 0.238. The van der Waals surface area contributed by atoms with Gasteiger partial charge in [0.2, 0.25) is 0 Å². The number of hydrogen-bond acceptors (Lipinski definition) is 4. The average molecular weight is 503 g/mol. The summed E-state index contributed by atoms with van der Waals surface area (Å²) in [5, 5.41) is 0. The summed E-state index contributed by atoms with van der Waals surface area (Å²) >= 11 is 0. The van der Waals surface area contributed by atoms with Gasteiger partial charge in [0.1, 0.15) is 5.57 Å². The first-order chi connectivity index (χ1) is 18.7. The van der Waals surface area contributed by atoms with E-state index in [9.17, 15) is 4.79 Å². The number of ether oxygens (including phenoxy) is 3. The molecule has 1 aliphatic rings. The highest BCUT2D eigenvalue weighted by atomic mass is 16.7. The molecule has 0 radical (unpaired) electrons. The Bertz CT molecular complexity index is 1360. The topological polar surface area (TPSA) is 44.8 Å². The molecular weight excluding hydrogens is 472 g/mol. The fourth-order valence-electron chi connectivity index (χ4n) is 5.03. The second-order valence-corrected chi connectivity index (χ2v) is 8.81. The molecule has 0 aromatic heterocycles.